The summed E-state index contributed by atoms with van der Waals surface area (Å²) in [5, 5.41) is 0. The molecule has 0 radical (unpaired) electrons. The molecular weight excluding hydrogens is 216 g/mol. The smallest absolute Gasteiger partial charge is 0.209 e. The Morgan fingerprint density at radius 2 is 1.88 bits per heavy atom. The zero-order valence-corrected chi connectivity index (χ0v) is 11.1. The standard InChI is InChI=1S/C13H22N2O2/c1-6-7-8-10-12(16-4)15-11(9(2)3)13(14-10)17-5/h6,9-11H,1,7-8H2,2-5H3. The first kappa shape index (κ1) is 13.7. The molecule has 1 heterocycles. The molecule has 0 aromatic rings. The highest BCUT2D eigenvalue weighted by Crippen LogP contribution is 2.19. The van der Waals surface area contributed by atoms with Crippen LogP contribution in [-0.4, -0.2) is 38.1 Å². The van der Waals surface area contributed by atoms with E-state index < -0.39 is 0 Å². The van der Waals surface area contributed by atoms with Gasteiger partial charge < -0.3 is 9.47 Å². The largest absolute Gasteiger partial charge is 0.483 e. The number of aliphatic imine (C=N–C) groups is 2. The van der Waals surface area contributed by atoms with Crippen LogP contribution in [-0.2, 0) is 9.47 Å². The van der Waals surface area contributed by atoms with Crippen molar-refractivity contribution in [1.29, 1.82) is 0 Å². The number of nitrogens with zero attached hydrogens (tertiary/aromatic N) is 2. The van der Waals surface area contributed by atoms with Gasteiger partial charge in [0.15, 0.2) is 0 Å². The summed E-state index contributed by atoms with van der Waals surface area (Å²) in [5.41, 5.74) is 0. The predicted molar refractivity (Wildman–Crippen MR) is 70.7 cm³/mol. The third-order valence-electron chi connectivity index (χ3n) is 2.78. The van der Waals surface area contributed by atoms with Crippen LogP contribution in [0.25, 0.3) is 0 Å². The van der Waals surface area contributed by atoms with E-state index in [-0.39, 0.29) is 12.1 Å². The van der Waals surface area contributed by atoms with Crippen molar-refractivity contribution in [1.82, 2.24) is 0 Å². The molecule has 4 nitrogen and oxygen atoms in total. The van der Waals surface area contributed by atoms with Gasteiger partial charge in [-0.3, -0.25) is 0 Å². The first-order valence-corrected chi connectivity index (χ1v) is 5.98. The maximum absolute atomic E-state index is 5.33. The summed E-state index contributed by atoms with van der Waals surface area (Å²) in [7, 11) is 3.29. The molecule has 2 atom stereocenters. The summed E-state index contributed by atoms with van der Waals surface area (Å²) in [5.74, 6) is 1.75. The molecule has 0 bridgehead atoms. The minimum atomic E-state index is -0.0389. The lowest BCUT2D eigenvalue weighted by Crippen LogP contribution is -2.37. The molecule has 0 spiro atoms. The van der Waals surface area contributed by atoms with E-state index in [1.54, 1.807) is 14.2 Å². The summed E-state index contributed by atoms with van der Waals surface area (Å²) >= 11 is 0. The van der Waals surface area contributed by atoms with E-state index in [2.05, 4.69) is 30.4 Å². The molecule has 0 N–H and O–H groups in total. The van der Waals surface area contributed by atoms with Crippen molar-refractivity contribution in [3.8, 4) is 0 Å². The molecule has 0 aliphatic carbocycles. The van der Waals surface area contributed by atoms with Gasteiger partial charge in [-0.25, -0.2) is 9.98 Å². The summed E-state index contributed by atoms with van der Waals surface area (Å²) < 4.78 is 10.7. The molecule has 0 fully saturated rings. The van der Waals surface area contributed by atoms with E-state index in [1.807, 2.05) is 6.08 Å². The summed E-state index contributed by atoms with van der Waals surface area (Å²) in [6.07, 6.45) is 3.62. The maximum Gasteiger partial charge on any atom is 0.209 e. The van der Waals surface area contributed by atoms with Gasteiger partial charge in [0.25, 0.3) is 0 Å². The second-order valence-electron chi connectivity index (χ2n) is 4.41. The summed E-state index contributed by atoms with van der Waals surface area (Å²) in [6.45, 7) is 7.91. The Morgan fingerprint density at radius 3 is 2.35 bits per heavy atom. The highest BCUT2D eigenvalue weighted by Gasteiger charge is 2.30. The second-order valence-corrected chi connectivity index (χ2v) is 4.41. The van der Waals surface area contributed by atoms with Crippen molar-refractivity contribution in [2.75, 3.05) is 14.2 Å². The molecule has 1 aliphatic heterocycles. The minimum Gasteiger partial charge on any atom is -0.483 e. The lowest BCUT2D eigenvalue weighted by molar-refractivity contribution is 0.331. The van der Waals surface area contributed by atoms with E-state index in [0.29, 0.717) is 17.7 Å². The summed E-state index contributed by atoms with van der Waals surface area (Å²) in [6, 6.07) is -0.0714. The first-order chi connectivity index (χ1) is 8.13. The number of rotatable bonds is 4. The van der Waals surface area contributed by atoms with Crippen LogP contribution in [0.4, 0.5) is 0 Å². The van der Waals surface area contributed by atoms with Gasteiger partial charge in [-0.2, -0.15) is 0 Å². The fraction of sp³-hybridized carbons (Fsp3) is 0.692. The summed E-state index contributed by atoms with van der Waals surface area (Å²) in [4.78, 5) is 9.17. The van der Waals surface area contributed by atoms with Crippen LogP contribution in [0.15, 0.2) is 22.6 Å². The van der Waals surface area contributed by atoms with Crippen LogP contribution >= 0.6 is 0 Å². The third kappa shape index (κ3) is 3.32. The van der Waals surface area contributed by atoms with Gasteiger partial charge in [0, 0.05) is 0 Å². The maximum atomic E-state index is 5.33. The fourth-order valence-electron chi connectivity index (χ4n) is 1.82. The Bertz CT molecular complexity index is 321. The highest BCUT2D eigenvalue weighted by molar-refractivity contribution is 5.94. The minimum absolute atomic E-state index is 0.0325. The van der Waals surface area contributed by atoms with Gasteiger partial charge in [-0.05, 0) is 18.8 Å². The molecule has 1 aliphatic rings. The Morgan fingerprint density at radius 1 is 1.24 bits per heavy atom. The number of ether oxygens (including phenoxy) is 2. The second kappa shape index (κ2) is 6.42. The average Bonchev–Trinajstić information content (AvgIpc) is 2.34. The quantitative estimate of drug-likeness (QED) is 0.706. The molecule has 1 rings (SSSR count). The van der Waals surface area contributed by atoms with Gasteiger partial charge >= 0.3 is 0 Å². The molecule has 0 aromatic carbocycles. The molecule has 17 heavy (non-hydrogen) atoms. The Hall–Kier alpha value is -1.32. The lowest BCUT2D eigenvalue weighted by Gasteiger charge is -2.26. The van der Waals surface area contributed by atoms with Gasteiger partial charge in [0.1, 0.15) is 12.1 Å². The first-order valence-electron chi connectivity index (χ1n) is 5.98. The zero-order valence-electron chi connectivity index (χ0n) is 11.1. The van der Waals surface area contributed by atoms with Crippen molar-refractivity contribution in [2.24, 2.45) is 15.9 Å². The number of methoxy groups -OCH3 is 2. The Labute approximate surface area is 103 Å². The Balaban J connectivity index is 2.89. The van der Waals surface area contributed by atoms with Gasteiger partial charge in [0.05, 0.1) is 14.2 Å². The number of allylic oxidation sites excluding steroid dienone is 1. The predicted octanol–water partition coefficient (Wildman–Crippen LogP) is 2.45. The van der Waals surface area contributed by atoms with Crippen molar-refractivity contribution < 1.29 is 9.47 Å². The molecule has 2 unspecified atom stereocenters. The molecule has 0 saturated carbocycles. The fourth-order valence-corrected chi connectivity index (χ4v) is 1.82. The van der Waals surface area contributed by atoms with Crippen LogP contribution in [0, 0.1) is 5.92 Å². The van der Waals surface area contributed by atoms with Gasteiger partial charge in [0.2, 0.25) is 11.8 Å². The van der Waals surface area contributed by atoms with Crippen LogP contribution in [0.5, 0.6) is 0 Å². The monoisotopic (exact) mass is 238 g/mol. The van der Waals surface area contributed by atoms with Gasteiger partial charge in [-0.15, -0.1) is 6.58 Å². The van der Waals surface area contributed by atoms with Crippen LogP contribution in [0.2, 0.25) is 0 Å². The van der Waals surface area contributed by atoms with E-state index >= 15 is 0 Å². The van der Waals surface area contributed by atoms with Crippen LogP contribution in [0.1, 0.15) is 26.7 Å². The van der Waals surface area contributed by atoms with Crippen LogP contribution in [0.3, 0.4) is 0 Å². The molecule has 0 saturated heterocycles. The van der Waals surface area contributed by atoms with Crippen molar-refractivity contribution in [3.63, 3.8) is 0 Å². The topological polar surface area (TPSA) is 43.2 Å². The number of hydrogen-bond acceptors (Lipinski definition) is 4. The average molecular weight is 238 g/mol. The molecule has 96 valence electrons. The third-order valence-corrected chi connectivity index (χ3v) is 2.78. The SMILES string of the molecule is C=CCCC1N=C(OC)C(C(C)C)N=C1OC. The van der Waals surface area contributed by atoms with Crippen molar-refractivity contribution in [3.05, 3.63) is 12.7 Å². The molecule has 0 amide bonds. The normalized spacial score (nSPS) is 24.1. The van der Waals surface area contributed by atoms with Crippen LogP contribution < -0.4 is 0 Å². The van der Waals surface area contributed by atoms with Crippen molar-refractivity contribution in [2.45, 2.75) is 38.8 Å². The molecule has 0 aromatic heterocycles. The van der Waals surface area contributed by atoms with E-state index in [1.165, 1.54) is 0 Å². The van der Waals surface area contributed by atoms with Gasteiger partial charge in [-0.1, -0.05) is 19.9 Å². The lowest BCUT2D eigenvalue weighted by atomic mass is 10.0. The van der Waals surface area contributed by atoms with E-state index in [9.17, 15) is 0 Å². The van der Waals surface area contributed by atoms with Crippen molar-refractivity contribution >= 4 is 11.8 Å². The number of hydrogen-bond donors (Lipinski definition) is 0. The zero-order chi connectivity index (χ0) is 12.8. The molecule has 4 heteroatoms. The van der Waals surface area contributed by atoms with E-state index in [4.69, 9.17) is 9.47 Å². The molecular formula is C13H22N2O2. The Kier molecular flexibility index (Phi) is 5.19. The van der Waals surface area contributed by atoms with E-state index in [0.717, 1.165) is 12.8 Å². The highest BCUT2D eigenvalue weighted by atomic mass is 16.5.